The van der Waals surface area contributed by atoms with E-state index in [-0.39, 0.29) is 56.3 Å². The number of thiazole rings is 1. The number of rotatable bonds is 2. The zero-order valence-electron chi connectivity index (χ0n) is 9.77. The van der Waals surface area contributed by atoms with E-state index in [0.717, 1.165) is 17.0 Å². The summed E-state index contributed by atoms with van der Waals surface area (Å²) in [6.07, 6.45) is 0. The number of hydrogen-bond donors (Lipinski definition) is 0. The Morgan fingerprint density at radius 1 is 1.39 bits per heavy atom. The largest absolute Gasteiger partial charge is 1.00 e. The Balaban J connectivity index is 0.00000162. The van der Waals surface area contributed by atoms with Crippen LogP contribution in [0.15, 0.2) is 24.3 Å². The average Bonchev–Trinajstić information content (AvgIpc) is 2.56. The van der Waals surface area contributed by atoms with Crippen LogP contribution in [0.3, 0.4) is 0 Å². The predicted molar refractivity (Wildman–Crippen MR) is 68.6 cm³/mol. The molecule has 0 aliphatic carbocycles. The van der Waals surface area contributed by atoms with Crippen molar-refractivity contribution in [1.29, 1.82) is 0 Å². The first kappa shape index (κ1) is 16.5. The first-order valence-corrected chi connectivity index (χ1v) is 6.30. The van der Waals surface area contributed by atoms with Crippen LogP contribution in [0.1, 0.15) is 15.4 Å². The fraction of sp³-hybridized carbons (Fsp3) is 0.0909. The molecule has 0 saturated heterocycles. The van der Waals surface area contributed by atoms with Crippen LogP contribution in [0.5, 0.6) is 0 Å². The molecular formula is C11H7ClKNO2S2. The molecule has 1 aromatic heterocycles. The maximum absolute atomic E-state index is 10.9. The Kier molecular flexibility index (Phi) is 6.21. The number of aromatic carboxylic acids is 1. The fourth-order valence-electron chi connectivity index (χ4n) is 1.52. The van der Waals surface area contributed by atoms with Crippen molar-refractivity contribution in [3.63, 3.8) is 0 Å². The Bertz CT molecular complexity index is 633. The minimum atomic E-state index is -1.20. The van der Waals surface area contributed by atoms with Gasteiger partial charge in [-0.15, -0.1) is 11.3 Å². The summed E-state index contributed by atoms with van der Waals surface area (Å²) >= 11 is 12.0. The molecule has 0 atom stereocenters. The van der Waals surface area contributed by atoms with Gasteiger partial charge >= 0.3 is 51.4 Å². The number of nitrogens with zero attached hydrogens (tertiary/aromatic N) is 1. The van der Waals surface area contributed by atoms with Gasteiger partial charge in [-0.3, -0.25) is 4.57 Å². The van der Waals surface area contributed by atoms with E-state index < -0.39 is 5.97 Å². The van der Waals surface area contributed by atoms with Crippen molar-refractivity contribution in [1.82, 2.24) is 4.57 Å². The number of benzene rings is 1. The molecule has 0 fully saturated rings. The minimum absolute atomic E-state index is 0. The van der Waals surface area contributed by atoms with E-state index in [1.807, 2.05) is 0 Å². The van der Waals surface area contributed by atoms with E-state index >= 15 is 0 Å². The summed E-state index contributed by atoms with van der Waals surface area (Å²) in [4.78, 5) is 11.0. The molecule has 2 rings (SSSR count). The molecular weight excluding hydrogens is 317 g/mol. The molecule has 0 unspecified atom stereocenters. The van der Waals surface area contributed by atoms with Gasteiger partial charge in [0.15, 0.2) is 3.95 Å². The second-order valence-corrected chi connectivity index (χ2v) is 5.46. The monoisotopic (exact) mass is 323 g/mol. The summed E-state index contributed by atoms with van der Waals surface area (Å²) < 4.78 is 2.17. The van der Waals surface area contributed by atoms with Crippen molar-refractivity contribution in [3.05, 3.63) is 43.8 Å². The van der Waals surface area contributed by atoms with Gasteiger partial charge in [0.2, 0.25) is 0 Å². The van der Waals surface area contributed by atoms with Gasteiger partial charge in [-0.1, -0.05) is 11.6 Å². The summed E-state index contributed by atoms with van der Waals surface area (Å²) in [7, 11) is 0. The van der Waals surface area contributed by atoms with Crippen LogP contribution in [0, 0.1) is 10.9 Å². The topological polar surface area (TPSA) is 45.1 Å². The molecule has 0 aliphatic heterocycles. The summed E-state index contributed by atoms with van der Waals surface area (Å²) in [6.45, 7) is 1.70. The van der Waals surface area contributed by atoms with Gasteiger partial charge in [-0.2, -0.15) is 0 Å². The molecule has 0 amide bonds. The Morgan fingerprint density at radius 3 is 2.39 bits per heavy atom. The van der Waals surface area contributed by atoms with Crippen molar-refractivity contribution in [2.45, 2.75) is 6.92 Å². The van der Waals surface area contributed by atoms with E-state index in [1.165, 1.54) is 0 Å². The van der Waals surface area contributed by atoms with Gasteiger partial charge in [0, 0.05) is 16.4 Å². The zero-order chi connectivity index (χ0) is 12.6. The molecule has 1 aromatic carbocycles. The number of carbonyl (C=O) groups excluding carboxylic acids is 1. The number of hydrogen-bond acceptors (Lipinski definition) is 4. The number of halogens is 1. The zero-order valence-corrected chi connectivity index (χ0v) is 15.3. The van der Waals surface area contributed by atoms with Gasteiger partial charge in [-0.25, -0.2) is 0 Å². The molecule has 0 N–H and O–H groups in total. The molecule has 88 valence electrons. The van der Waals surface area contributed by atoms with Crippen molar-refractivity contribution in [2.75, 3.05) is 0 Å². The normalized spacial score (nSPS) is 9.89. The van der Waals surface area contributed by atoms with E-state index in [2.05, 4.69) is 0 Å². The van der Waals surface area contributed by atoms with Gasteiger partial charge in [0.1, 0.15) is 0 Å². The molecule has 2 aromatic rings. The first-order chi connectivity index (χ1) is 8.00. The molecule has 18 heavy (non-hydrogen) atoms. The second-order valence-electron chi connectivity index (χ2n) is 3.38. The predicted octanol–water partition coefficient (Wildman–Crippen LogP) is -0.402. The molecule has 3 nitrogen and oxygen atoms in total. The first-order valence-electron chi connectivity index (χ1n) is 4.70. The van der Waals surface area contributed by atoms with Gasteiger partial charge in [-0.05, 0) is 43.4 Å². The second kappa shape index (κ2) is 6.76. The Hall–Kier alpha value is 0.466. The van der Waals surface area contributed by atoms with Gasteiger partial charge < -0.3 is 9.90 Å². The third-order valence-electron chi connectivity index (χ3n) is 2.31. The van der Waals surface area contributed by atoms with Crippen molar-refractivity contribution in [3.8, 4) is 5.69 Å². The average molecular weight is 324 g/mol. The van der Waals surface area contributed by atoms with E-state index in [1.54, 1.807) is 35.8 Å². The minimum Gasteiger partial charge on any atom is -0.544 e. The molecule has 0 bridgehead atoms. The molecule has 0 aliphatic rings. The molecule has 7 heteroatoms. The quantitative estimate of drug-likeness (QED) is 0.558. The number of carboxylic acids is 1. The molecule has 0 spiro atoms. The third kappa shape index (κ3) is 3.32. The SMILES string of the molecule is Cc1c(C(=O)[O-])sc(=S)n1-c1ccc(Cl)cc1.[K+]. The van der Waals surface area contributed by atoms with Crippen molar-refractivity contribution < 1.29 is 61.3 Å². The van der Waals surface area contributed by atoms with Crippen LogP contribution in [0.2, 0.25) is 5.02 Å². The number of aromatic nitrogens is 1. The summed E-state index contributed by atoms with van der Waals surface area (Å²) in [5.41, 5.74) is 1.36. The van der Waals surface area contributed by atoms with Crippen LogP contribution in [-0.4, -0.2) is 10.5 Å². The van der Waals surface area contributed by atoms with Crippen LogP contribution in [-0.2, 0) is 0 Å². The number of carboxylic acid groups (broad SMARTS) is 1. The van der Waals surface area contributed by atoms with Gasteiger partial charge in [0.05, 0.1) is 10.8 Å². The number of carbonyl (C=O) groups is 1. The third-order valence-corrected chi connectivity index (χ3v) is 4.01. The standard InChI is InChI=1S/C11H8ClNO2S2.K/c1-6-9(10(14)15)17-11(16)13(6)8-4-2-7(12)3-5-8;/h2-5H,1H3,(H,14,15);/q;+1/p-1. The van der Waals surface area contributed by atoms with Crippen LogP contribution in [0.25, 0.3) is 5.69 Å². The van der Waals surface area contributed by atoms with Crippen molar-refractivity contribution >= 4 is 41.1 Å². The summed E-state index contributed by atoms with van der Waals surface area (Å²) in [5, 5.41) is 11.5. The molecule has 1 heterocycles. The maximum Gasteiger partial charge on any atom is 1.00 e. The fourth-order valence-corrected chi connectivity index (χ4v) is 2.97. The molecule has 0 saturated carbocycles. The van der Waals surface area contributed by atoms with E-state index in [4.69, 9.17) is 23.8 Å². The van der Waals surface area contributed by atoms with Crippen LogP contribution in [0.4, 0.5) is 0 Å². The smallest absolute Gasteiger partial charge is 0.544 e. The van der Waals surface area contributed by atoms with E-state index in [9.17, 15) is 9.90 Å². The van der Waals surface area contributed by atoms with Crippen LogP contribution >= 0.6 is 35.2 Å². The van der Waals surface area contributed by atoms with E-state index in [0.29, 0.717) is 14.7 Å². The Labute approximate surface area is 161 Å². The summed E-state index contributed by atoms with van der Waals surface area (Å²) in [6, 6.07) is 7.04. The van der Waals surface area contributed by atoms with Gasteiger partial charge in [0.25, 0.3) is 0 Å². The summed E-state index contributed by atoms with van der Waals surface area (Å²) in [5.74, 6) is -1.20. The molecule has 0 radical (unpaired) electrons. The maximum atomic E-state index is 10.9. The van der Waals surface area contributed by atoms with Crippen molar-refractivity contribution in [2.24, 2.45) is 0 Å². The van der Waals surface area contributed by atoms with Crippen LogP contribution < -0.4 is 56.5 Å². The Morgan fingerprint density at radius 2 is 1.94 bits per heavy atom.